The molecule has 3 heterocycles. The Bertz CT molecular complexity index is 1340. The minimum absolute atomic E-state index is 0.0889. The highest BCUT2D eigenvalue weighted by molar-refractivity contribution is 6.48. The van der Waals surface area contributed by atoms with Crippen LogP contribution in [0, 0.1) is 0 Å². The number of nitrogens with one attached hydrogen (secondary N) is 1. The first-order valence-corrected chi connectivity index (χ1v) is 10.4. The third kappa shape index (κ3) is 3.23. The summed E-state index contributed by atoms with van der Waals surface area (Å²) in [5, 5.41) is 2.66. The Morgan fingerprint density at radius 2 is 1.88 bits per heavy atom. The predicted molar refractivity (Wildman–Crippen MR) is 115 cm³/mol. The summed E-state index contributed by atoms with van der Waals surface area (Å²) in [6.07, 6.45) is -2.54. The van der Waals surface area contributed by atoms with Crippen LogP contribution >= 0.6 is 0 Å². The van der Waals surface area contributed by atoms with Crippen molar-refractivity contribution in [2.24, 2.45) is 9.98 Å². The van der Waals surface area contributed by atoms with Crippen molar-refractivity contribution in [2.45, 2.75) is 25.1 Å². The maximum Gasteiger partial charge on any atom is 0.415 e. The van der Waals surface area contributed by atoms with E-state index in [0.29, 0.717) is 34.9 Å². The van der Waals surface area contributed by atoms with Gasteiger partial charge in [0.2, 0.25) is 6.79 Å². The zero-order chi connectivity index (χ0) is 22.7. The maximum atomic E-state index is 14.2. The molecule has 0 saturated heterocycles. The molecule has 1 atom stereocenters. The van der Waals surface area contributed by atoms with Crippen LogP contribution in [-0.2, 0) is 11.2 Å². The minimum atomic E-state index is -4.60. The molecule has 4 aliphatic rings. The highest BCUT2D eigenvalue weighted by Crippen LogP contribution is 2.44. The summed E-state index contributed by atoms with van der Waals surface area (Å²) >= 11 is 0. The Morgan fingerprint density at radius 1 is 1.06 bits per heavy atom. The lowest BCUT2D eigenvalue weighted by molar-refractivity contribution is -0.110. The number of carbonyl (C=O) groups excluding carboxylic acids is 1. The molecule has 0 bridgehead atoms. The number of dihydropyridines is 1. The van der Waals surface area contributed by atoms with Gasteiger partial charge < -0.3 is 14.8 Å². The number of aliphatic imine (C=N–C) groups is 2. The summed E-state index contributed by atoms with van der Waals surface area (Å²) in [5.41, 5.74) is 1.82. The molecule has 1 N–H and O–H groups in total. The monoisotopic (exact) mass is 451 g/mol. The fourth-order valence-electron chi connectivity index (χ4n) is 4.58. The Morgan fingerprint density at radius 3 is 2.73 bits per heavy atom. The van der Waals surface area contributed by atoms with Crippen LogP contribution in [0.2, 0.25) is 0 Å². The van der Waals surface area contributed by atoms with Crippen molar-refractivity contribution < 1.29 is 27.4 Å². The lowest BCUT2D eigenvalue weighted by Gasteiger charge is -2.31. The number of amides is 1. The molecule has 3 aliphatic heterocycles. The van der Waals surface area contributed by atoms with Gasteiger partial charge in [-0.25, -0.2) is 4.99 Å². The highest BCUT2D eigenvalue weighted by Gasteiger charge is 2.48. The van der Waals surface area contributed by atoms with Gasteiger partial charge in [-0.1, -0.05) is 24.3 Å². The van der Waals surface area contributed by atoms with Gasteiger partial charge >= 0.3 is 6.18 Å². The van der Waals surface area contributed by atoms with E-state index in [2.05, 4.69) is 15.3 Å². The van der Waals surface area contributed by atoms with Crippen molar-refractivity contribution in [1.82, 2.24) is 0 Å². The van der Waals surface area contributed by atoms with Crippen LogP contribution in [0.15, 0.2) is 75.4 Å². The number of rotatable bonds is 2. The van der Waals surface area contributed by atoms with Gasteiger partial charge in [0.1, 0.15) is 11.8 Å². The van der Waals surface area contributed by atoms with Gasteiger partial charge in [0.15, 0.2) is 11.5 Å². The number of carbonyl (C=O) groups is 1. The summed E-state index contributed by atoms with van der Waals surface area (Å²) in [6.45, 7) is 0.0889. The molecule has 1 amide bonds. The second kappa shape index (κ2) is 7.06. The lowest BCUT2D eigenvalue weighted by atomic mass is 9.80. The number of hydrogen-bond acceptors (Lipinski definition) is 5. The number of allylic oxidation sites excluding steroid dienone is 1. The van der Waals surface area contributed by atoms with Crippen molar-refractivity contribution in [1.29, 1.82) is 0 Å². The summed E-state index contributed by atoms with van der Waals surface area (Å²) in [5.74, 6) is 0.414. The Labute approximate surface area is 186 Å². The number of aryl methyl sites for hydroxylation is 1. The lowest BCUT2D eigenvalue weighted by Crippen LogP contribution is -2.33. The van der Waals surface area contributed by atoms with E-state index in [9.17, 15) is 18.0 Å². The van der Waals surface area contributed by atoms with Gasteiger partial charge in [-0.15, -0.1) is 0 Å². The van der Waals surface area contributed by atoms with Crippen LogP contribution in [0.25, 0.3) is 0 Å². The van der Waals surface area contributed by atoms with Crippen molar-refractivity contribution in [3.63, 3.8) is 0 Å². The maximum absolute atomic E-state index is 14.2. The normalized spacial score (nSPS) is 20.3. The number of ether oxygens (including phenoxy) is 2. The molecule has 6 nitrogen and oxygen atoms in total. The van der Waals surface area contributed by atoms with Crippen molar-refractivity contribution in [3.8, 4) is 11.5 Å². The topological polar surface area (TPSA) is 72.3 Å². The third-order valence-corrected chi connectivity index (χ3v) is 6.04. The molecular weight excluding hydrogens is 435 g/mol. The second-order valence-corrected chi connectivity index (χ2v) is 8.02. The highest BCUT2D eigenvalue weighted by atomic mass is 19.4. The molecule has 2 aromatic rings. The van der Waals surface area contributed by atoms with Crippen LogP contribution in [0.4, 0.5) is 18.9 Å². The summed E-state index contributed by atoms with van der Waals surface area (Å²) in [7, 11) is 0. The summed E-state index contributed by atoms with van der Waals surface area (Å²) in [6, 6.07) is 10.8. The predicted octanol–water partition coefficient (Wildman–Crippen LogP) is 4.37. The SMILES string of the molecule is O=C(Nc1ccc2c(c1)OCO2)C1=NC2C(=C1)N=C1C(=C2C(F)(F)F)CCc2ccccc21. The van der Waals surface area contributed by atoms with Crippen LogP contribution in [0.1, 0.15) is 17.5 Å². The minimum Gasteiger partial charge on any atom is -0.454 e. The van der Waals surface area contributed by atoms with Crippen molar-refractivity contribution in [3.05, 3.63) is 76.5 Å². The number of fused-ring (bicyclic) bond motifs is 5. The van der Waals surface area contributed by atoms with E-state index in [4.69, 9.17) is 9.47 Å². The first kappa shape index (κ1) is 19.8. The number of alkyl halides is 3. The molecule has 33 heavy (non-hydrogen) atoms. The average Bonchev–Trinajstić information content (AvgIpc) is 3.43. The van der Waals surface area contributed by atoms with Crippen LogP contribution in [-0.4, -0.2) is 36.3 Å². The molecule has 0 radical (unpaired) electrons. The zero-order valence-corrected chi connectivity index (χ0v) is 17.1. The Balaban J connectivity index is 1.37. The van der Waals surface area contributed by atoms with Gasteiger partial charge in [-0.2, -0.15) is 13.2 Å². The standard InChI is InChI=1S/C24H16F3N3O3/c25-24(26,27)20-15-7-5-12-3-1-2-4-14(12)21(15)29-16-10-17(30-22(16)20)23(31)28-13-6-8-18-19(9-13)33-11-32-18/h1-4,6,8-10,22H,5,7,11H2,(H,28,31). The van der Waals surface area contributed by atoms with Crippen LogP contribution in [0.5, 0.6) is 11.5 Å². The van der Waals surface area contributed by atoms with Crippen molar-refractivity contribution >= 4 is 23.0 Å². The molecule has 6 rings (SSSR count). The van der Waals surface area contributed by atoms with Gasteiger partial charge in [0.05, 0.1) is 17.0 Å². The molecule has 166 valence electrons. The molecular formula is C24H16F3N3O3. The van der Waals surface area contributed by atoms with Crippen LogP contribution < -0.4 is 14.8 Å². The Hall–Kier alpha value is -3.88. The first-order chi connectivity index (χ1) is 15.9. The summed E-state index contributed by atoms with van der Waals surface area (Å²) < 4.78 is 53.1. The van der Waals surface area contributed by atoms with Crippen LogP contribution in [0.3, 0.4) is 0 Å². The van der Waals surface area contributed by atoms with E-state index < -0.39 is 23.7 Å². The van der Waals surface area contributed by atoms with Gasteiger partial charge in [0, 0.05) is 17.3 Å². The molecule has 0 aromatic heterocycles. The van der Waals surface area contributed by atoms with E-state index in [-0.39, 0.29) is 30.2 Å². The number of hydrogen-bond donors (Lipinski definition) is 1. The molecule has 0 fully saturated rings. The smallest absolute Gasteiger partial charge is 0.415 e. The molecule has 0 spiro atoms. The Kier molecular flexibility index (Phi) is 4.23. The molecule has 2 aromatic carbocycles. The van der Waals surface area contributed by atoms with E-state index in [1.165, 1.54) is 6.08 Å². The largest absolute Gasteiger partial charge is 0.454 e. The van der Waals surface area contributed by atoms with E-state index in [1.807, 2.05) is 12.1 Å². The molecule has 0 saturated carbocycles. The third-order valence-electron chi connectivity index (χ3n) is 6.04. The second-order valence-electron chi connectivity index (χ2n) is 8.02. The quantitative estimate of drug-likeness (QED) is 0.737. The average molecular weight is 451 g/mol. The first-order valence-electron chi connectivity index (χ1n) is 10.4. The molecule has 1 unspecified atom stereocenters. The fourth-order valence-corrected chi connectivity index (χ4v) is 4.58. The van der Waals surface area contributed by atoms with E-state index >= 15 is 0 Å². The summed E-state index contributed by atoms with van der Waals surface area (Å²) in [4.78, 5) is 21.5. The number of halogens is 3. The van der Waals surface area contributed by atoms with E-state index in [0.717, 1.165) is 5.56 Å². The van der Waals surface area contributed by atoms with Crippen molar-refractivity contribution in [2.75, 3.05) is 12.1 Å². The van der Waals surface area contributed by atoms with Gasteiger partial charge in [-0.3, -0.25) is 9.79 Å². The number of benzene rings is 2. The van der Waals surface area contributed by atoms with E-state index in [1.54, 1.807) is 30.3 Å². The van der Waals surface area contributed by atoms with Gasteiger partial charge in [-0.05, 0) is 42.2 Å². The molecule has 9 heteroatoms. The number of nitrogens with zero attached hydrogens (tertiary/aromatic N) is 2. The molecule has 1 aliphatic carbocycles. The fraction of sp³-hybridized carbons (Fsp3) is 0.208. The van der Waals surface area contributed by atoms with Gasteiger partial charge in [0.25, 0.3) is 5.91 Å². The number of anilines is 1. The zero-order valence-electron chi connectivity index (χ0n) is 17.1.